The summed E-state index contributed by atoms with van der Waals surface area (Å²) in [7, 11) is 0. The maximum absolute atomic E-state index is 12.7. The van der Waals surface area contributed by atoms with Crippen LogP contribution in [0.5, 0.6) is 5.75 Å². The van der Waals surface area contributed by atoms with Crippen LogP contribution in [0.2, 0.25) is 0 Å². The largest absolute Gasteiger partial charge is 0.494 e. The second kappa shape index (κ2) is 6.86. The Bertz CT molecular complexity index is 709. The molecule has 0 saturated heterocycles. The standard InChI is InChI=1S/C20H23NO2/c1-3-23-20-11-10-17(13-15(20)2)19(22)14-21-12-6-8-16-7-4-5-9-18(16)21/h4-5,7,9-11,13H,3,6,8,12,14H2,1-2H3. The Kier molecular flexibility index (Phi) is 4.65. The van der Waals surface area contributed by atoms with Gasteiger partial charge in [0.25, 0.3) is 0 Å². The lowest BCUT2D eigenvalue weighted by molar-refractivity contribution is 0.0998. The Hall–Kier alpha value is -2.29. The summed E-state index contributed by atoms with van der Waals surface area (Å²) in [5, 5.41) is 0. The highest BCUT2D eigenvalue weighted by Crippen LogP contribution is 2.27. The first-order chi connectivity index (χ1) is 11.2. The highest BCUT2D eigenvalue weighted by molar-refractivity contribution is 5.99. The van der Waals surface area contributed by atoms with Gasteiger partial charge in [0, 0.05) is 17.8 Å². The van der Waals surface area contributed by atoms with E-state index in [9.17, 15) is 4.79 Å². The molecule has 3 rings (SSSR count). The fourth-order valence-electron chi connectivity index (χ4n) is 3.18. The second-order valence-corrected chi connectivity index (χ2v) is 5.99. The predicted octanol–water partition coefficient (Wildman–Crippen LogP) is 4.03. The number of ether oxygens (including phenoxy) is 1. The van der Waals surface area contributed by atoms with Crippen molar-refractivity contribution in [3.63, 3.8) is 0 Å². The van der Waals surface area contributed by atoms with Gasteiger partial charge in [0.2, 0.25) is 0 Å². The van der Waals surface area contributed by atoms with Crippen molar-refractivity contribution < 1.29 is 9.53 Å². The predicted molar refractivity (Wildman–Crippen MR) is 93.7 cm³/mol. The quantitative estimate of drug-likeness (QED) is 0.781. The number of ketones is 1. The van der Waals surface area contributed by atoms with Crippen molar-refractivity contribution in [1.29, 1.82) is 0 Å². The van der Waals surface area contributed by atoms with Crippen LogP contribution < -0.4 is 9.64 Å². The maximum Gasteiger partial charge on any atom is 0.182 e. The fraction of sp³-hybridized carbons (Fsp3) is 0.350. The zero-order valence-electron chi connectivity index (χ0n) is 13.8. The van der Waals surface area contributed by atoms with Crippen molar-refractivity contribution in [2.45, 2.75) is 26.7 Å². The molecular weight excluding hydrogens is 286 g/mol. The van der Waals surface area contributed by atoms with E-state index in [0.717, 1.165) is 36.3 Å². The van der Waals surface area contributed by atoms with Crippen molar-refractivity contribution in [3.8, 4) is 5.75 Å². The van der Waals surface area contributed by atoms with E-state index >= 15 is 0 Å². The van der Waals surface area contributed by atoms with E-state index in [1.54, 1.807) is 0 Å². The van der Waals surface area contributed by atoms with E-state index in [2.05, 4.69) is 23.1 Å². The molecule has 1 aliphatic heterocycles. The van der Waals surface area contributed by atoms with E-state index < -0.39 is 0 Å². The topological polar surface area (TPSA) is 29.5 Å². The minimum absolute atomic E-state index is 0.160. The van der Waals surface area contributed by atoms with Crippen LogP contribution in [0.4, 0.5) is 5.69 Å². The van der Waals surface area contributed by atoms with Crippen molar-refractivity contribution in [2.75, 3.05) is 24.6 Å². The lowest BCUT2D eigenvalue weighted by Crippen LogP contribution is -2.34. The highest BCUT2D eigenvalue weighted by atomic mass is 16.5. The lowest BCUT2D eigenvalue weighted by atomic mass is 10.0. The van der Waals surface area contributed by atoms with Gasteiger partial charge in [-0.1, -0.05) is 18.2 Å². The van der Waals surface area contributed by atoms with Gasteiger partial charge < -0.3 is 9.64 Å². The van der Waals surface area contributed by atoms with Gasteiger partial charge in [0.15, 0.2) is 5.78 Å². The third-order valence-electron chi connectivity index (χ3n) is 4.34. The molecule has 2 aromatic rings. The van der Waals surface area contributed by atoms with E-state index in [4.69, 9.17) is 4.74 Å². The number of para-hydroxylation sites is 1. The highest BCUT2D eigenvalue weighted by Gasteiger charge is 2.19. The molecule has 0 unspecified atom stereocenters. The molecule has 0 saturated carbocycles. The van der Waals surface area contributed by atoms with Gasteiger partial charge in [-0.3, -0.25) is 4.79 Å². The molecule has 1 heterocycles. The van der Waals surface area contributed by atoms with Gasteiger partial charge in [-0.15, -0.1) is 0 Å². The molecule has 0 fully saturated rings. The molecule has 0 bridgehead atoms. The normalized spacial score (nSPS) is 13.6. The van der Waals surface area contributed by atoms with Crippen LogP contribution in [-0.4, -0.2) is 25.5 Å². The van der Waals surface area contributed by atoms with E-state index in [1.165, 1.54) is 11.3 Å². The minimum atomic E-state index is 0.160. The summed E-state index contributed by atoms with van der Waals surface area (Å²) in [6, 6.07) is 14.1. The Balaban J connectivity index is 1.76. The molecule has 0 amide bonds. The third-order valence-corrected chi connectivity index (χ3v) is 4.34. The molecule has 0 spiro atoms. The van der Waals surface area contributed by atoms with Gasteiger partial charge in [-0.25, -0.2) is 0 Å². The molecule has 0 atom stereocenters. The average molecular weight is 309 g/mol. The molecule has 0 aromatic heterocycles. The number of aryl methyl sites for hydroxylation is 2. The van der Waals surface area contributed by atoms with Crippen molar-refractivity contribution in [3.05, 3.63) is 59.2 Å². The van der Waals surface area contributed by atoms with Crippen LogP contribution in [0.3, 0.4) is 0 Å². The number of carbonyl (C=O) groups is 1. The molecule has 3 heteroatoms. The average Bonchev–Trinajstić information content (AvgIpc) is 2.57. The number of hydrogen-bond donors (Lipinski definition) is 0. The number of hydrogen-bond acceptors (Lipinski definition) is 3. The first kappa shape index (κ1) is 15.6. The van der Waals surface area contributed by atoms with Gasteiger partial charge in [0.1, 0.15) is 5.75 Å². The van der Waals surface area contributed by atoms with Crippen LogP contribution in [0, 0.1) is 6.92 Å². The monoisotopic (exact) mass is 309 g/mol. The summed E-state index contributed by atoms with van der Waals surface area (Å²) in [5.41, 5.74) is 4.31. The van der Waals surface area contributed by atoms with Gasteiger partial charge in [0.05, 0.1) is 13.2 Å². The first-order valence-electron chi connectivity index (χ1n) is 8.28. The summed E-state index contributed by atoms with van der Waals surface area (Å²) >= 11 is 0. The van der Waals surface area contributed by atoms with Crippen molar-refractivity contribution >= 4 is 11.5 Å². The number of carbonyl (C=O) groups excluding carboxylic acids is 1. The first-order valence-corrected chi connectivity index (χ1v) is 8.28. The van der Waals surface area contributed by atoms with Crippen LogP contribution in [-0.2, 0) is 6.42 Å². The molecule has 1 aliphatic rings. The van der Waals surface area contributed by atoms with Gasteiger partial charge in [-0.2, -0.15) is 0 Å². The SMILES string of the molecule is CCOc1ccc(C(=O)CN2CCCc3ccccc32)cc1C. The van der Waals surface area contributed by atoms with Gasteiger partial charge >= 0.3 is 0 Å². The molecule has 0 aliphatic carbocycles. The summed E-state index contributed by atoms with van der Waals surface area (Å²) in [4.78, 5) is 14.9. The number of rotatable bonds is 5. The molecular formula is C20H23NO2. The Labute approximate surface area is 137 Å². The van der Waals surface area contributed by atoms with E-state index in [-0.39, 0.29) is 5.78 Å². The van der Waals surface area contributed by atoms with Crippen LogP contribution in [0.25, 0.3) is 0 Å². The molecule has 2 aromatic carbocycles. The van der Waals surface area contributed by atoms with Crippen LogP contribution in [0.1, 0.15) is 34.8 Å². The zero-order chi connectivity index (χ0) is 16.2. The molecule has 23 heavy (non-hydrogen) atoms. The Morgan fingerprint density at radius 3 is 2.83 bits per heavy atom. The van der Waals surface area contributed by atoms with Crippen LogP contribution >= 0.6 is 0 Å². The van der Waals surface area contributed by atoms with Gasteiger partial charge in [-0.05, 0) is 62.1 Å². The fourth-order valence-corrected chi connectivity index (χ4v) is 3.18. The zero-order valence-corrected chi connectivity index (χ0v) is 13.8. The summed E-state index contributed by atoms with van der Waals surface area (Å²) in [6.07, 6.45) is 2.20. The van der Waals surface area contributed by atoms with Crippen molar-refractivity contribution in [1.82, 2.24) is 0 Å². The molecule has 120 valence electrons. The second-order valence-electron chi connectivity index (χ2n) is 5.99. The number of Topliss-reactive ketones (excluding diaryl/α,β-unsaturated/α-hetero) is 1. The number of fused-ring (bicyclic) bond motifs is 1. The van der Waals surface area contributed by atoms with Crippen LogP contribution in [0.15, 0.2) is 42.5 Å². The molecule has 0 N–H and O–H groups in total. The number of nitrogens with zero attached hydrogens (tertiary/aromatic N) is 1. The Morgan fingerprint density at radius 1 is 1.22 bits per heavy atom. The summed E-state index contributed by atoms with van der Waals surface area (Å²) < 4.78 is 5.55. The summed E-state index contributed by atoms with van der Waals surface area (Å²) in [6.45, 7) is 5.96. The van der Waals surface area contributed by atoms with E-state index in [0.29, 0.717) is 13.2 Å². The number of benzene rings is 2. The van der Waals surface area contributed by atoms with Crippen molar-refractivity contribution in [2.24, 2.45) is 0 Å². The molecule has 0 radical (unpaired) electrons. The smallest absolute Gasteiger partial charge is 0.182 e. The maximum atomic E-state index is 12.7. The lowest BCUT2D eigenvalue weighted by Gasteiger charge is -2.30. The van der Waals surface area contributed by atoms with E-state index in [1.807, 2.05) is 38.1 Å². The number of anilines is 1. The summed E-state index contributed by atoms with van der Waals surface area (Å²) in [5.74, 6) is 1.01. The Morgan fingerprint density at radius 2 is 2.04 bits per heavy atom. The minimum Gasteiger partial charge on any atom is -0.494 e. The third kappa shape index (κ3) is 3.39. The molecule has 3 nitrogen and oxygen atoms in total.